The van der Waals surface area contributed by atoms with Gasteiger partial charge in [-0.05, 0) is 35.9 Å². The molecule has 162 valence electrons. The predicted molar refractivity (Wildman–Crippen MR) is 119 cm³/mol. The van der Waals surface area contributed by atoms with Crippen LogP contribution in [0, 0.1) is 0 Å². The van der Waals surface area contributed by atoms with Crippen LogP contribution in [0.1, 0.15) is 5.56 Å². The first-order valence-electron chi connectivity index (χ1n) is 10.2. The summed E-state index contributed by atoms with van der Waals surface area (Å²) in [6.07, 6.45) is 0. The number of fused-ring (bicyclic) bond motifs is 2. The Morgan fingerprint density at radius 3 is 2.73 bits per heavy atom. The molecule has 3 N–H and O–H groups in total. The summed E-state index contributed by atoms with van der Waals surface area (Å²) in [6, 6.07) is 20.3. The van der Waals surface area contributed by atoms with Gasteiger partial charge < -0.3 is 30.2 Å². The van der Waals surface area contributed by atoms with Crippen molar-refractivity contribution in [2.24, 2.45) is 0 Å². The molecular formula is C23H21KN6O3. The number of carboxylic acids is 1. The summed E-state index contributed by atoms with van der Waals surface area (Å²) in [5.41, 5.74) is 5.08. The topological polar surface area (TPSA) is 118 Å². The number of carboxylic acid groups (broad SMARTS) is 1. The molecule has 3 aromatic carbocycles. The van der Waals surface area contributed by atoms with Crippen LogP contribution >= 0.6 is 0 Å². The molecule has 10 heteroatoms. The minimum absolute atomic E-state index is 0. The van der Waals surface area contributed by atoms with Crippen molar-refractivity contribution in [3.05, 3.63) is 72.3 Å². The second-order valence-electron chi connectivity index (χ2n) is 7.50. The number of benzene rings is 3. The van der Waals surface area contributed by atoms with Crippen LogP contribution in [0.25, 0.3) is 11.0 Å². The quantitative estimate of drug-likeness (QED) is 0.233. The summed E-state index contributed by atoms with van der Waals surface area (Å²) in [7, 11) is 0. The Balaban J connectivity index is 0.00000259. The van der Waals surface area contributed by atoms with E-state index >= 15 is 0 Å². The molecule has 0 saturated carbocycles. The number of ether oxygens (including phenoxy) is 1. The molecule has 1 unspecified atom stereocenters. The third-order valence-electron chi connectivity index (χ3n) is 5.44. The molecule has 0 aliphatic carbocycles. The van der Waals surface area contributed by atoms with E-state index in [1.54, 1.807) is 0 Å². The van der Waals surface area contributed by atoms with Crippen LogP contribution in [0.3, 0.4) is 0 Å². The van der Waals surface area contributed by atoms with E-state index in [-0.39, 0.29) is 64.7 Å². The van der Waals surface area contributed by atoms with Gasteiger partial charge in [0, 0.05) is 24.8 Å². The van der Waals surface area contributed by atoms with Gasteiger partial charge in [0.25, 0.3) is 0 Å². The standard InChI is InChI=1S/C23H22N6O3.K/c30-23(31)22-12-24-20-11-17(7-9-21(20)29(22)13-15-4-2-1-3-5-15)32-14-25-16-6-8-18-19(10-16)27-28-26-18;/h1-11,22,24-25H,12-14H2,(H,30,31)(H,26,27,28);/q;+1/p-1. The fourth-order valence-corrected chi connectivity index (χ4v) is 3.82. The fraction of sp³-hybridized carbons (Fsp3) is 0.174. The number of aromatic amines is 1. The van der Waals surface area contributed by atoms with E-state index in [0.29, 0.717) is 12.3 Å². The van der Waals surface area contributed by atoms with Gasteiger partial charge >= 0.3 is 51.4 Å². The van der Waals surface area contributed by atoms with Gasteiger partial charge in [-0.3, -0.25) is 0 Å². The molecule has 0 spiro atoms. The van der Waals surface area contributed by atoms with Crippen molar-refractivity contribution in [2.75, 3.05) is 28.8 Å². The first kappa shape index (κ1) is 23.5. The van der Waals surface area contributed by atoms with Crippen molar-refractivity contribution >= 4 is 34.1 Å². The van der Waals surface area contributed by atoms with E-state index in [2.05, 4.69) is 26.0 Å². The zero-order valence-corrected chi connectivity index (χ0v) is 21.2. The Morgan fingerprint density at radius 1 is 1.09 bits per heavy atom. The molecule has 33 heavy (non-hydrogen) atoms. The van der Waals surface area contributed by atoms with Gasteiger partial charge in [-0.2, -0.15) is 15.4 Å². The maximum Gasteiger partial charge on any atom is 1.00 e. The van der Waals surface area contributed by atoms with Gasteiger partial charge in [0.15, 0.2) is 6.73 Å². The second-order valence-corrected chi connectivity index (χ2v) is 7.50. The van der Waals surface area contributed by atoms with Crippen molar-refractivity contribution in [3.63, 3.8) is 0 Å². The average molecular weight is 469 g/mol. The number of rotatable bonds is 7. The normalized spacial score (nSPS) is 14.7. The summed E-state index contributed by atoms with van der Waals surface area (Å²) in [4.78, 5) is 13.6. The first-order valence-corrected chi connectivity index (χ1v) is 10.2. The fourth-order valence-electron chi connectivity index (χ4n) is 3.82. The molecule has 1 aliphatic rings. The van der Waals surface area contributed by atoms with Gasteiger partial charge in [0.2, 0.25) is 0 Å². The Bertz CT molecular complexity index is 1250. The summed E-state index contributed by atoms with van der Waals surface area (Å²) in [5, 5.41) is 28.8. The molecule has 2 heterocycles. The zero-order chi connectivity index (χ0) is 21.9. The van der Waals surface area contributed by atoms with Crippen molar-refractivity contribution in [2.45, 2.75) is 12.6 Å². The van der Waals surface area contributed by atoms with Crippen LogP contribution in [-0.2, 0) is 11.3 Å². The Kier molecular flexibility index (Phi) is 7.51. The molecule has 1 atom stereocenters. The molecular weight excluding hydrogens is 447 g/mol. The Hall–Kier alpha value is -2.63. The number of anilines is 3. The van der Waals surface area contributed by atoms with Gasteiger partial charge in [0.1, 0.15) is 16.8 Å². The van der Waals surface area contributed by atoms with Crippen LogP contribution in [0.4, 0.5) is 17.1 Å². The predicted octanol–water partition coefficient (Wildman–Crippen LogP) is -1.04. The van der Waals surface area contributed by atoms with E-state index in [4.69, 9.17) is 4.74 Å². The maximum absolute atomic E-state index is 11.7. The van der Waals surface area contributed by atoms with Crippen molar-refractivity contribution < 1.29 is 66.0 Å². The van der Waals surface area contributed by atoms with E-state index in [0.717, 1.165) is 33.7 Å². The summed E-state index contributed by atoms with van der Waals surface area (Å²) in [5.74, 6) is -0.439. The summed E-state index contributed by atoms with van der Waals surface area (Å²) < 4.78 is 5.86. The molecule has 0 bridgehead atoms. The van der Waals surface area contributed by atoms with Gasteiger partial charge in [-0.15, -0.1) is 0 Å². The molecule has 0 saturated heterocycles. The molecule has 0 fully saturated rings. The number of H-pyrrole nitrogens is 1. The van der Waals surface area contributed by atoms with Crippen LogP contribution in [-0.4, -0.2) is 40.7 Å². The molecule has 9 nitrogen and oxygen atoms in total. The molecule has 1 aliphatic heterocycles. The largest absolute Gasteiger partial charge is 1.00 e. The number of nitrogens with zero attached hydrogens (tertiary/aromatic N) is 3. The molecule has 1 aromatic heterocycles. The minimum Gasteiger partial charge on any atom is -0.548 e. The van der Waals surface area contributed by atoms with Crippen molar-refractivity contribution in [1.82, 2.24) is 15.4 Å². The monoisotopic (exact) mass is 468 g/mol. The van der Waals surface area contributed by atoms with Crippen molar-refractivity contribution in [1.29, 1.82) is 0 Å². The molecule has 0 radical (unpaired) electrons. The number of hydrogen-bond acceptors (Lipinski definition) is 8. The van der Waals surface area contributed by atoms with Gasteiger partial charge in [0.05, 0.1) is 23.4 Å². The molecule has 0 amide bonds. The Morgan fingerprint density at radius 2 is 1.91 bits per heavy atom. The minimum atomic E-state index is -1.10. The number of aromatic nitrogens is 3. The van der Waals surface area contributed by atoms with Crippen LogP contribution < -0.4 is 76.8 Å². The van der Waals surface area contributed by atoms with Crippen LogP contribution in [0.2, 0.25) is 0 Å². The van der Waals surface area contributed by atoms with E-state index in [1.165, 1.54) is 0 Å². The smallest absolute Gasteiger partial charge is 0.548 e. The first-order chi connectivity index (χ1) is 15.7. The second kappa shape index (κ2) is 10.5. The Labute approximate surface area is 232 Å². The van der Waals surface area contributed by atoms with Gasteiger partial charge in [-0.1, -0.05) is 30.3 Å². The number of aliphatic carboxylic acids is 1. The summed E-state index contributed by atoms with van der Waals surface area (Å²) in [6.45, 7) is 0.986. The summed E-state index contributed by atoms with van der Waals surface area (Å²) >= 11 is 0. The third-order valence-corrected chi connectivity index (χ3v) is 5.44. The number of nitrogens with one attached hydrogen (secondary N) is 3. The number of carbonyl (C=O) groups excluding carboxylic acids is 1. The molecule has 5 rings (SSSR count). The zero-order valence-electron chi connectivity index (χ0n) is 18.1. The number of carbonyl (C=O) groups is 1. The SMILES string of the molecule is O=C([O-])C1CNc2cc(OCNc3ccc4n[nH]nc4c3)ccc2N1Cc1ccccc1.[K+]. The van der Waals surface area contributed by atoms with Crippen LogP contribution in [0.5, 0.6) is 5.75 Å². The van der Waals surface area contributed by atoms with Crippen molar-refractivity contribution in [3.8, 4) is 5.75 Å². The van der Waals surface area contributed by atoms with E-state index < -0.39 is 12.0 Å². The van der Waals surface area contributed by atoms with E-state index in [9.17, 15) is 9.90 Å². The molecule has 4 aromatic rings. The maximum atomic E-state index is 11.7. The van der Waals surface area contributed by atoms with Crippen LogP contribution in [0.15, 0.2) is 66.7 Å². The van der Waals surface area contributed by atoms with Gasteiger partial charge in [-0.25, -0.2) is 0 Å². The van der Waals surface area contributed by atoms with E-state index in [1.807, 2.05) is 71.6 Å². The third kappa shape index (κ3) is 5.31. The number of hydrogen-bond donors (Lipinski definition) is 3. The average Bonchev–Trinajstić information content (AvgIpc) is 3.27.